The van der Waals surface area contributed by atoms with Gasteiger partial charge >= 0.3 is 6.18 Å². The Balaban J connectivity index is 1.41. The van der Waals surface area contributed by atoms with Gasteiger partial charge in [0, 0.05) is 44.1 Å². The van der Waals surface area contributed by atoms with Crippen molar-refractivity contribution in [2.45, 2.75) is 51.1 Å². The minimum Gasteiger partial charge on any atom is -0.381 e. The molecule has 2 aromatic rings. The van der Waals surface area contributed by atoms with Gasteiger partial charge in [-0.2, -0.15) is 13.2 Å². The lowest BCUT2D eigenvalue weighted by molar-refractivity contribution is -0.137. The molecule has 2 fully saturated rings. The minimum absolute atomic E-state index is 0.0796. The molecule has 0 spiro atoms. The van der Waals surface area contributed by atoms with Gasteiger partial charge in [0.05, 0.1) is 35.0 Å². The molecule has 0 bridgehead atoms. The number of rotatable bonds is 8. The van der Waals surface area contributed by atoms with E-state index in [4.69, 9.17) is 4.74 Å². The number of benzene rings is 1. The molecule has 2 amide bonds. The lowest BCUT2D eigenvalue weighted by Gasteiger charge is -2.31. The van der Waals surface area contributed by atoms with Gasteiger partial charge in [-0.15, -0.1) is 11.3 Å². The molecular weight excluding hydrogens is 493 g/mol. The Bertz CT molecular complexity index is 1060. The van der Waals surface area contributed by atoms with E-state index in [0.717, 1.165) is 55.9 Å². The van der Waals surface area contributed by atoms with E-state index in [1.165, 1.54) is 17.4 Å². The monoisotopic (exact) mass is 524 g/mol. The van der Waals surface area contributed by atoms with Gasteiger partial charge in [-0.1, -0.05) is 0 Å². The molecule has 0 atom stereocenters. The van der Waals surface area contributed by atoms with E-state index in [1.54, 1.807) is 5.38 Å². The number of amides is 2. The van der Waals surface area contributed by atoms with Crippen LogP contribution in [0.5, 0.6) is 0 Å². The van der Waals surface area contributed by atoms with Crippen molar-refractivity contribution in [3.63, 3.8) is 0 Å². The summed E-state index contributed by atoms with van der Waals surface area (Å²) in [6.45, 7) is 5.63. The van der Waals surface area contributed by atoms with Gasteiger partial charge < -0.3 is 19.9 Å². The molecule has 11 heteroatoms. The highest BCUT2D eigenvalue weighted by molar-refractivity contribution is 7.10. The fraction of sp³-hybridized carbons (Fsp3) is 0.560. The normalized spacial score (nSPS) is 17.0. The zero-order valence-electron chi connectivity index (χ0n) is 20.3. The molecule has 3 heterocycles. The Kier molecular flexibility index (Phi) is 8.50. The second-order valence-corrected chi connectivity index (χ2v) is 9.94. The third-order valence-corrected chi connectivity index (χ3v) is 7.64. The first-order valence-corrected chi connectivity index (χ1v) is 13.2. The summed E-state index contributed by atoms with van der Waals surface area (Å²) in [5.41, 5.74) is 0.119. The van der Waals surface area contributed by atoms with Crippen molar-refractivity contribution in [1.29, 1.82) is 0 Å². The molecular formula is C25H31F3N4O3S. The molecule has 1 aromatic carbocycles. The number of aromatic nitrogens is 1. The van der Waals surface area contributed by atoms with Crippen LogP contribution in [-0.2, 0) is 15.7 Å². The molecule has 2 saturated heterocycles. The number of ether oxygens (including phenoxy) is 1. The summed E-state index contributed by atoms with van der Waals surface area (Å²) >= 11 is 1.37. The first-order chi connectivity index (χ1) is 17.3. The summed E-state index contributed by atoms with van der Waals surface area (Å²) < 4.78 is 45.3. The number of carbonyl (C=O) groups excluding carboxylic acids is 2. The van der Waals surface area contributed by atoms with E-state index in [-0.39, 0.29) is 23.2 Å². The lowest BCUT2D eigenvalue weighted by atomic mass is 9.97. The van der Waals surface area contributed by atoms with Crippen LogP contribution in [0.4, 0.5) is 24.5 Å². The number of thiazole rings is 1. The third-order valence-electron chi connectivity index (χ3n) is 6.63. The van der Waals surface area contributed by atoms with Crippen molar-refractivity contribution in [2.24, 2.45) is 0 Å². The average Bonchev–Trinajstić information content (AvgIpc) is 3.56. The Hall–Kier alpha value is -2.66. The molecule has 196 valence electrons. The predicted octanol–water partition coefficient (Wildman–Crippen LogP) is 5.15. The fourth-order valence-electron chi connectivity index (χ4n) is 4.65. The van der Waals surface area contributed by atoms with Crippen LogP contribution in [-0.4, -0.2) is 61.1 Å². The van der Waals surface area contributed by atoms with Crippen molar-refractivity contribution in [3.8, 4) is 0 Å². The molecule has 0 unspecified atom stereocenters. The number of nitrogens with zero attached hydrogens (tertiary/aromatic N) is 3. The maximum atomic E-state index is 13.3. The minimum atomic E-state index is -4.50. The van der Waals surface area contributed by atoms with Crippen molar-refractivity contribution < 1.29 is 27.5 Å². The Morgan fingerprint density at radius 3 is 2.56 bits per heavy atom. The van der Waals surface area contributed by atoms with Gasteiger partial charge in [0.25, 0.3) is 5.91 Å². The number of piperidine rings is 1. The Labute approximate surface area is 212 Å². The Morgan fingerprint density at radius 2 is 1.89 bits per heavy atom. The van der Waals surface area contributed by atoms with Gasteiger partial charge in [0.2, 0.25) is 5.91 Å². The van der Waals surface area contributed by atoms with Crippen LogP contribution < -0.4 is 10.2 Å². The first kappa shape index (κ1) is 26.4. The SMILES string of the molecule is CCOCCC(=O)N1CCC(c2nc(C(=O)Nc3cc(C(F)(F)F)ccc3N3CCCC3)cs2)CC1. The Morgan fingerprint density at radius 1 is 1.17 bits per heavy atom. The van der Waals surface area contributed by atoms with Gasteiger partial charge in [0.15, 0.2) is 0 Å². The molecule has 0 radical (unpaired) electrons. The fourth-order valence-corrected chi connectivity index (χ4v) is 5.62. The number of nitrogens with one attached hydrogen (secondary N) is 1. The molecule has 2 aliphatic heterocycles. The molecule has 1 N–H and O–H groups in total. The molecule has 1 aromatic heterocycles. The van der Waals surface area contributed by atoms with E-state index >= 15 is 0 Å². The second kappa shape index (κ2) is 11.6. The first-order valence-electron chi connectivity index (χ1n) is 12.3. The second-order valence-electron chi connectivity index (χ2n) is 9.05. The van der Waals surface area contributed by atoms with E-state index in [2.05, 4.69) is 10.3 Å². The standard InChI is InChI=1S/C25H31F3N4O3S/c1-2-35-14-9-22(33)32-12-7-17(8-13-32)24-30-20(16-36-24)23(34)29-19-15-18(25(26,27)28)5-6-21(19)31-10-3-4-11-31/h5-6,15-17H,2-4,7-14H2,1H3,(H,29,34). The van der Waals surface area contributed by atoms with Crippen LogP contribution in [0.25, 0.3) is 0 Å². The molecule has 36 heavy (non-hydrogen) atoms. The number of hydrogen-bond donors (Lipinski definition) is 1. The summed E-state index contributed by atoms with van der Waals surface area (Å²) in [4.78, 5) is 33.6. The summed E-state index contributed by atoms with van der Waals surface area (Å²) in [6.07, 6.45) is -0.712. The van der Waals surface area contributed by atoms with Crippen LogP contribution >= 0.6 is 11.3 Å². The molecule has 0 saturated carbocycles. The van der Waals surface area contributed by atoms with Crippen molar-refractivity contribution in [3.05, 3.63) is 39.8 Å². The van der Waals surface area contributed by atoms with Gasteiger partial charge in [-0.05, 0) is 50.8 Å². The van der Waals surface area contributed by atoms with Crippen LogP contribution in [0.3, 0.4) is 0 Å². The molecule has 0 aliphatic carbocycles. The highest BCUT2D eigenvalue weighted by Crippen LogP contribution is 2.37. The van der Waals surface area contributed by atoms with Gasteiger partial charge in [0.1, 0.15) is 5.69 Å². The maximum absolute atomic E-state index is 13.3. The van der Waals surface area contributed by atoms with Crippen LogP contribution in [0.15, 0.2) is 23.6 Å². The largest absolute Gasteiger partial charge is 0.416 e. The highest BCUT2D eigenvalue weighted by atomic mass is 32.1. The number of carbonyl (C=O) groups is 2. The molecule has 4 rings (SSSR count). The van der Waals surface area contributed by atoms with E-state index < -0.39 is 17.6 Å². The number of likely N-dealkylation sites (tertiary alicyclic amines) is 1. The van der Waals surface area contributed by atoms with Crippen molar-refractivity contribution >= 4 is 34.5 Å². The topological polar surface area (TPSA) is 74.8 Å². The zero-order valence-corrected chi connectivity index (χ0v) is 21.1. The van der Waals surface area contributed by atoms with E-state index in [0.29, 0.717) is 38.4 Å². The smallest absolute Gasteiger partial charge is 0.381 e. The molecule has 7 nitrogen and oxygen atoms in total. The summed E-state index contributed by atoms with van der Waals surface area (Å²) in [6, 6.07) is 3.48. The summed E-state index contributed by atoms with van der Waals surface area (Å²) in [5, 5.41) is 5.13. The molecule has 2 aliphatic rings. The number of alkyl halides is 3. The maximum Gasteiger partial charge on any atom is 0.416 e. The zero-order chi connectivity index (χ0) is 25.7. The van der Waals surface area contributed by atoms with Crippen LogP contribution in [0.2, 0.25) is 0 Å². The van der Waals surface area contributed by atoms with Crippen molar-refractivity contribution in [1.82, 2.24) is 9.88 Å². The summed E-state index contributed by atoms with van der Waals surface area (Å²) in [5.74, 6) is -0.307. The lowest BCUT2D eigenvalue weighted by Crippen LogP contribution is -2.38. The average molecular weight is 525 g/mol. The number of anilines is 2. The van der Waals surface area contributed by atoms with E-state index in [9.17, 15) is 22.8 Å². The van der Waals surface area contributed by atoms with Crippen molar-refractivity contribution in [2.75, 3.05) is 49.6 Å². The highest BCUT2D eigenvalue weighted by Gasteiger charge is 2.32. The quantitative estimate of drug-likeness (QED) is 0.484. The number of hydrogen-bond acceptors (Lipinski definition) is 6. The predicted molar refractivity (Wildman–Crippen MR) is 133 cm³/mol. The summed E-state index contributed by atoms with van der Waals surface area (Å²) in [7, 11) is 0. The van der Waals surface area contributed by atoms with Crippen LogP contribution in [0.1, 0.15) is 66.0 Å². The number of halogens is 3. The van der Waals surface area contributed by atoms with Gasteiger partial charge in [-0.25, -0.2) is 4.98 Å². The van der Waals surface area contributed by atoms with E-state index in [1.807, 2.05) is 16.7 Å². The van der Waals surface area contributed by atoms with Gasteiger partial charge in [-0.3, -0.25) is 9.59 Å². The van der Waals surface area contributed by atoms with Crippen LogP contribution in [0, 0.1) is 0 Å². The third kappa shape index (κ3) is 6.36.